The van der Waals surface area contributed by atoms with Crippen molar-refractivity contribution in [3.63, 3.8) is 0 Å². The summed E-state index contributed by atoms with van der Waals surface area (Å²) in [5.74, 6) is 0. The molecule has 0 radical (unpaired) electrons. The molecule has 7 heteroatoms. The summed E-state index contributed by atoms with van der Waals surface area (Å²) < 4.78 is 9.87. The Labute approximate surface area is 684 Å². The molecule has 1 aliphatic carbocycles. The highest BCUT2D eigenvalue weighted by Gasteiger charge is 2.28. The maximum absolute atomic E-state index is 3.69. The summed E-state index contributed by atoms with van der Waals surface area (Å²) in [5, 5.41) is 12.4. The van der Waals surface area contributed by atoms with Gasteiger partial charge in [-0.15, -0.1) is 11.3 Å². The van der Waals surface area contributed by atoms with Gasteiger partial charge in [0.25, 0.3) is 0 Å². The summed E-state index contributed by atoms with van der Waals surface area (Å²) in [4.78, 5) is 3.59. The van der Waals surface area contributed by atoms with Crippen molar-refractivity contribution in [2.45, 2.75) is 0 Å². The fourth-order valence-corrected chi connectivity index (χ4v) is 18.8. The van der Waals surface area contributed by atoms with Gasteiger partial charge in [0.2, 0.25) is 4.88 Å². The molecular formula is C108H72BrN4S2+. The number of nitrogens with zero attached hydrogens (tertiary/aromatic N) is 3. The number of hydrogen-bond donors (Lipinski definition) is 1. The van der Waals surface area contributed by atoms with E-state index in [1.54, 1.807) is 0 Å². The number of nitrogens with one attached hydrogen (secondary N) is 1. The number of rotatable bonds is 13. The Kier molecular flexibility index (Phi) is 18.9. The predicted molar refractivity (Wildman–Crippen MR) is 497 cm³/mol. The maximum Gasteiger partial charge on any atom is 0.200 e. The Balaban J connectivity index is 0.000000124. The Morgan fingerprint density at radius 3 is 1.11 bits per heavy atom. The van der Waals surface area contributed by atoms with Crippen molar-refractivity contribution in [1.29, 1.82) is 0 Å². The number of anilines is 5. The van der Waals surface area contributed by atoms with Gasteiger partial charge in [0.05, 0.1) is 49.9 Å². The number of halogens is 1. The molecule has 0 saturated carbocycles. The smallest absolute Gasteiger partial charge is 0.200 e. The van der Waals surface area contributed by atoms with Crippen molar-refractivity contribution in [3.05, 3.63) is 451 Å². The van der Waals surface area contributed by atoms with Crippen LogP contribution in [0.5, 0.6) is 0 Å². The van der Waals surface area contributed by atoms with Gasteiger partial charge in [-0.1, -0.05) is 300 Å². The van der Waals surface area contributed by atoms with E-state index in [2.05, 4.69) is 460 Å². The molecule has 22 rings (SSSR count). The minimum Gasteiger partial charge on any atom is -0.356 e. The molecule has 4 aromatic heterocycles. The molecule has 4 nitrogen and oxygen atoms in total. The third-order valence-corrected chi connectivity index (χ3v) is 24.6. The van der Waals surface area contributed by atoms with E-state index in [9.17, 15) is 0 Å². The van der Waals surface area contributed by atoms with E-state index >= 15 is 0 Å². The first kappa shape index (κ1) is 70.1. The summed E-state index contributed by atoms with van der Waals surface area (Å²) in [6.07, 6.45) is 8.03. The molecule has 1 aliphatic rings. The number of allylic oxidation sites excluding steroid dienone is 2. The van der Waals surface area contributed by atoms with Gasteiger partial charge < -0.3 is 19.4 Å². The number of benzene rings is 17. The molecule has 1 N–H and O–H groups in total. The zero-order chi connectivity index (χ0) is 76.5. The van der Waals surface area contributed by atoms with E-state index in [0.717, 1.165) is 38.6 Å². The van der Waals surface area contributed by atoms with Crippen LogP contribution in [0.15, 0.2) is 429 Å². The molecule has 0 aliphatic heterocycles. The van der Waals surface area contributed by atoms with Crippen LogP contribution in [-0.4, -0.2) is 9.13 Å². The number of para-hydroxylation sites is 2. The van der Waals surface area contributed by atoms with Crippen LogP contribution in [0.1, 0.15) is 16.0 Å². The lowest BCUT2D eigenvalue weighted by Crippen LogP contribution is -2.10. The predicted octanol–water partition coefficient (Wildman–Crippen LogP) is 31.4. The van der Waals surface area contributed by atoms with E-state index in [1.807, 2.05) is 34.8 Å². The van der Waals surface area contributed by atoms with Crippen LogP contribution in [0, 0.1) is 6.08 Å². The molecular weight excluding hydrogens is 1500 g/mol. The highest BCUT2D eigenvalue weighted by molar-refractivity contribution is 9.10. The largest absolute Gasteiger partial charge is 0.356 e. The quantitative estimate of drug-likeness (QED) is 0.116. The first-order valence-corrected chi connectivity index (χ1v) is 41.2. The molecule has 0 saturated heterocycles. The average Bonchev–Trinajstić information content (AvgIpc) is 1.56. The summed E-state index contributed by atoms with van der Waals surface area (Å²) in [5.41, 5.74) is 28.6. The standard InChI is InChI=1S/C54H36N2S.C30H17BrNS.C24H19N/c1-5-13-37(14-6-1)40-21-26-44(27-22-40)55(45-28-23-41(24-29-45)38-15-7-2-8-16-38)46-30-32-50-48(36-46)47-31-34-52-53(54(47)56(50)43-19-11-4-12-20-43)49-35-42(25-33-51(49)57-52)39-17-9-3-10-18-39;31-21-12-14-26-24(18-21)23-13-16-28-29(30(23)32(26)22-9-5-2-6-10-22)25-17-20(11-15-27(25)33-28)19-7-3-1-4-8-19;1-3-7-19(8-4-1)21-11-15-23(16-12-21)25-24-17-13-22(14-18-24)20-9-5-2-6-10-20/h1-36H;1-14,16-18H;1-18,25H/q;+1;. The highest BCUT2D eigenvalue weighted by atomic mass is 79.9. The van der Waals surface area contributed by atoms with Crippen molar-refractivity contribution in [2.24, 2.45) is 0 Å². The van der Waals surface area contributed by atoms with E-state index in [1.165, 1.54) is 157 Å². The second-order valence-corrected chi connectivity index (χ2v) is 31.9. The normalized spacial score (nSPS) is 11.6. The first-order valence-electron chi connectivity index (χ1n) is 38.8. The maximum atomic E-state index is 3.69. The number of aromatic nitrogens is 2. The topological polar surface area (TPSA) is 25.1 Å². The van der Waals surface area contributed by atoms with E-state index in [0.29, 0.717) is 0 Å². The van der Waals surface area contributed by atoms with Crippen LogP contribution in [-0.2, 0) is 0 Å². The second kappa shape index (κ2) is 30.9. The Morgan fingerprint density at radius 2 is 0.643 bits per heavy atom. The van der Waals surface area contributed by atoms with Crippen molar-refractivity contribution in [3.8, 4) is 67.0 Å². The number of hydrogen-bond acceptors (Lipinski definition) is 4. The van der Waals surface area contributed by atoms with Gasteiger partial charge in [0.15, 0.2) is 0 Å². The van der Waals surface area contributed by atoms with Crippen molar-refractivity contribution in [2.75, 3.05) is 10.2 Å². The molecule has 17 aromatic carbocycles. The lowest BCUT2D eigenvalue weighted by Gasteiger charge is -2.26. The number of fused-ring (bicyclic) bond motifs is 14. The SMILES string of the molecule is Brc1ccc2c(c1)c1ccc3sc4c(c3c1n2-c1ccccc1)C=C(c1ccccc1)C=[C+]4.c1ccc(-c2ccc(N(c3ccc(-c4ccccc4)cc3)c3ccc4c(c3)c3ccc5sc6ccc(-c7ccccc7)cc6c5c3n4-c3ccccc3)cc2)cc1.c1ccc(-c2ccc(Nc3ccc(-c4ccccc4)cc3)cc2)cc1. The lowest BCUT2D eigenvalue weighted by molar-refractivity contribution is 1.19. The Morgan fingerprint density at radius 1 is 0.278 bits per heavy atom. The van der Waals surface area contributed by atoms with Crippen LogP contribution in [0.25, 0.3) is 153 Å². The Bertz CT molecular complexity index is 6980. The monoisotopic (exact) mass is 1570 g/mol. The molecule has 21 aromatic rings. The molecule has 0 bridgehead atoms. The molecule has 115 heavy (non-hydrogen) atoms. The minimum atomic E-state index is 1.09. The lowest BCUT2D eigenvalue weighted by atomic mass is 9.96. The molecule has 542 valence electrons. The zero-order valence-electron chi connectivity index (χ0n) is 62.5. The van der Waals surface area contributed by atoms with Gasteiger partial charge in [-0.3, -0.25) is 0 Å². The van der Waals surface area contributed by atoms with Gasteiger partial charge in [-0.05, 0) is 201 Å². The summed E-state index contributed by atoms with van der Waals surface area (Å²) in [6.45, 7) is 0. The molecule has 4 heterocycles. The molecule has 0 spiro atoms. The minimum absolute atomic E-state index is 1.09. The van der Waals surface area contributed by atoms with Gasteiger partial charge in [-0.25, -0.2) is 0 Å². The molecule has 0 amide bonds. The summed E-state index contributed by atoms with van der Waals surface area (Å²) >= 11 is 7.38. The Hall–Kier alpha value is -14.0. The van der Waals surface area contributed by atoms with Crippen LogP contribution in [0.2, 0.25) is 0 Å². The third-order valence-electron chi connectivity index (χ3n) is 21.8. The highest BCUT2D eigenvalue weighted by Crippen LogP contribution is 2.49. The van der Waals surface area contributed by atoms with Crippen molar-refractivity contribution in [1.82, 2.24) is 9.13 Å². The van der Waals surface area contributed by atoms with Gasteiger partial charge >= 0.3 is 0 Å². The van der Waals surface area contributed by atoms with Crippen LogP contribution in [0.4, 0.5) is 28.4 Å². The van der Waals surface area contributed by atoms with Crippen molar-refractivity contribution >= 4 is 153 Å². The average molecular weight is 1570 g/mol. The van der Waals surface area contributed by atoms with Crippen LogP contribution in [0.3, 0.4) is 0 Å². The van der Waals surface area contributed by atoms with Crippen LogP contribution >= 0.6 is 38.6 Å². The van der Waals surface area contributed by atoms with Crippen LogP contribution < -0.4 is 10.2 Å². The summed E-state index contributed by atoms with van der Waals surface area (Å²) in [7, 11) is 0. The van der Waals surface area contributed by atoms with E-state index in [-0.39, 0.29) is 0 Å². The third kappa shape index (κ3) is 13.8. The fourth-order valence-electron chi connectivity index (χ4n) is 16.3. The number of thiophene rings is 2. The molecule has 0 fully saturated rings. The van der Waals surface area contributed by atoms with Gasteiger partial charge in [0, 0.05) is 91.6 Å². The second-order valence-electron chi connectivity index (χ2n) is 28.8. The molecule has 0 unspecified atom stereocenters. The molecule has 0 atom stereocenters. The van der Waals surface area contributed by atoms with Crippen molar-refractivity contribution < 1.29 is 0 Å². The van der Waals surface area contributed by atoms with E-state index < -0.39 is 0 Å². The summed E-state index contributed by atoms with van der Waals surface area (Å²) in [6, 6.07) is 150. The van der Waals surface area contributed by atoms with Gasteiger partial charge in [0.1, 0.15) is 11.6 Å². The van der Waals surface area contributed by atoms with E-state index in [4.69, 9.17) is 0 Å². The first-order chi connectivity index (χ1) is 56.9. The van der Waals surface area contributed by atoms with Gasteiger partial charge in [-0.2, -0.15) is 0 Å². The fraction of sp³-hybridized carbons (Fsp3) is 0. The zero-order valence-corrected chi connectivity index (χ0v) is 65.7.